The first-order valence-corrected chi connectivity index (χ1v) is 7.56. The minimum Gasteiger partial charge on any atom is -0.508 e. The molecule has 0 bridgehead atoms. The van der Waals surface area contributed by atoms with Crippen LogP contribution in [0.3, 0.4) is 0 Å². The molecule has 1 saturated heterocycles. The Kier molecular flexibility index (Phi) is 5.44. The van der Waals surface area contributed by atoms with Gasteiger partial charge in [-0.25, -0.2) is 4.79 Å². The van der Waals surface area contributed by atoms with Crippen molar-refractivity contribution in [3.05, 3.63) is 29.8 Å². The number of amides is 2. The van der Waals surface area contributed by atoms with Crippen molar-refractivity contribution in [3.63, 3.8) is 0 Å². The summed E-state index contributed by atoms with van der Waals surface area (Å²) in [7, 11) is 0. The van der Waals surface area contributed by atoms with Crippen molar-refractivity contribution in [2.45, 2.75) is 44.8 Å². The fourth-order valence-electron chi connectivity index (χ4n) is 2.56. The number of rotatable bonds is 4. The number of nitrogens with one attached hydrogen (secondary N) is 1. The van der Waals surface area contributed by atoms with Crippen LogP contribution in [-0.2, 0) is 6.42 Å². The van der Waals surface area contributed by atoms with Gasteiger partial charge in [0.05, 0.1) is 6.10 Å². The number of likely N-dealkylation sites (tertiary alicyclic amines) is 1. The van der Waals surface area contributed by atoms with Crippen molar-refractivity contribution in [3.8, 4) is 5.75 Å². The lowest BCUT2D eigenvalue weighted by atomic mass is 10.1. The quantitative estimate of drug-likeness (QED) is 0.793. The van der Waals surface area contributed by atoms with E-state index in [4.69, 9.17) is 0 Å². The Labute approximate surface area is 125 Å². The summed E-state index contributed by atoms with van der Waals surface area (Å²) < 4.78 is 0. The molecule has 0 radical (unpaired) electrons. The highest BCUT2D eigenvalue weighted by Crippen LogP contribution is 2.13. The molecule has 2 rings (SSSR count). The molecule has 21 heavy (non-hydrogen) atoms. The third kappa shape index (κ3) is 4.93. The number of aliphatic hydroxyl groups is 1. The van der Waals surface area contributed by atoms with E-state index in [1.54, 1.807) is 17.0 Å². The van der Waals surface area contributed by atoms with Gasteiger partial charge in [-0.15, -0.1) is 0 Å². The summed E-state index contributed by atoms with van der Waals surface area (Å²) in [6, 6.07) is 7.12. The first-order chi connectivity index (χ1) is 10.0. The number of hydrogen-bond donors (Lipinski definition) is 3. The number of carbonyl (C=O) groups is 1. The highest BCUT2D eigenvalue weighted by atomic mass is 16.3. The minimum absolute atomic E-state index is 0.0744. The maximum Gasteiger partial charge on any atom is 0.317 e. The summed E-state index contributed by atoms with van der Waals surface area (Å²) in [6.45, 7) is 3.13. The van der Waals surface area contributed by atoms with Crippen molar-refractivity contribution in [1.29, 1.82) is 0 Å². The molecule has 1 aliphatic rings. The van der Waals surface area contributed by atoms with E-state index < -0.39 is 6.10 Å². The number of phenols is 1. The van der Waals surface area contributed by atoms with Gasteiger partial charge in [0.15, 0.2) is 0 Å². The molecule has 1 heterocycles. The van der Waals surface area contributed by atoms with E-state index in [9.17, 15) is 15.0 Å². The third-order valence-corrected chi connectivity index (χ3v) is 3.86. The average Bonchev–Trinajstić information content (AvgIpc) is 2.46. The summed E-state index contributed by atoms with van der Waals surface area (Å²) in [4.78, 5) is 13.8. The fraction of sp³-hybridized carbons (Fsp3) is 0.562. The zero-order valence-corrected chi connectivity index (χ0v) is 12.5. The highest BCUT2D eigenvalue weighted by molar-refractivity contribution is 5.74. The lowest BCUT2D eigenvalue weighted by molar-refractivity contribution is 0.0834. The van der Waals surface area contributed by atoms with Crippen molar-refractivity contribution in [1.82, 2.24) is 10.2 Å². The van der Waals surface area contributed by atoms with Gasteiger partial charge >= 0.3 is 6.03 Å². The van der Waals surface area contributed by atoms with Crippen LogP contribution in [0.25, 0.3) is 0 Å². The second kappa shape index (κ2) is 7.31. The Hall–Kier alpha value is -1.75. The lowest BCUT2D eigenvalue weighted by Gasteiger charge is -2.31. The van der Waals surface area contributed by atoms with Crippen LogP contribution in [-0.4, -0.2) is 46.4 Å². The van der Waals surface area contributed by atoms with Gasteiger partial charge in [0, 0.05) is 19.1 Å². The zero-order valence-electron chi connectivity index (χ0n) is 12.5. The molecule has 116 valence electrons. The number of benzene rings is 1. The van der Waals surface area contributed by atoms with Crippen LogP contribution >= 0.6 is 0 Å². The zero-order chi connectivity index (χ0) is 15.2. The molecule has 0 aliphatic carbocycles. The summed E-state index contributed by atoms with van der Waals surface area (Å²) in [5.41, 5.74) is 1.14. The SMILES string of the molecule is CC(CCc1ccc(O)cc1)NC(=O)N1CCCC(O)C1. The van der Waals surface area contributed by atoms with E-state index >= 15 is 0 Å². The van der Waals surface area contributed by atoms with Crippen LogP contribution in [0.15, 0.2) is 24.3 Å². The molecule has 3 N–H and O–H groups in total. The number of β-amino-alcohol motifs (C(OH)–C–C–N with tert-alkyl or cyclic N) is 1. The largest absolute Gasteiger partial charge is 0.508 e. The summed E-state index contributed by atoms with van der Waals surface area (Å²) in [6.07, 6.45) is 2.94. The van der Waals surface area contributed by atoms with Gasteiger partial charge in [0.25, 0.3) is 0 Å². The van der Waals surface area contributed by atoms with Crippen LogP contribution in [0.5, 0.6) is 5.75 Å². The normalized spacial score (nSPS) is 20.1. The number of urea groups is 1. The van der Waals surface area contributed by atoms with Gasteiger partial charge in [0.2, 0.25) is 0 Å². The summed E-state index contributed by atoms with van der Waals surface area (Å²) >= 11 is 0. The molecule has 2 amide bonds. The molecular formula is C16H24N2O3. The lowest BCUT2D eigenvalue weighted by Crippen LogP contribution is -2.49. The standard InChI is InChI=1S/C16H24N2O3/c1-12(4-5-13-6-8-14(19)9-7-13)17-16(21)18-10-2-3-15(20)11-18/h6-9,12,15,19-20H,2-5,10-11H2,1H3,(H,17,21). The molecule has 1 fully saturated rings. The first-order valence-electron chi connectivity index (χ1n) is 7.56. The summed E-state index contributed by atoms with van der Waals surface area (Å²) in [5.74, 6) is 0.267. The Morgan fingerprint density at radius 3 is 2.81 bits per heavy atom. The van der Waals surface area contributed by atoms with E-state index in [0.717, 1.165) is 31.2 Å². The third-order valence-electron chi connectivity index (χ3n) is 3.86. The predicted octanol–water partition coefficient (Wildman–Crippen LogP) is 1.88. The van der Waals surface area contributed by atoms with Crippen molar-refractivity contribution >= 4 is 6.03 Å². The van der Waals surface area contributed by atoms with Crippen molar-refractivity contribution in [2.75, 3.05) is 13.1 Å². The van der Waals surface area contributed by atoms with Crippen molar-refractivity contribution < 1.29 is 15.0 Å². The van der Waals surface area contributed by atoms with E-state index in [1.807, 2.05) is 19.1 Å². The van der Waals surface area contributed by atoms with E-state index in [-0.39, 0.29) is 17.8 Å². The van der Waals surface area contributed by atoms with Gasteiger partial charge in [-0.1, -0.05) is 12.1 Å². The molecule has 1 aromatic carbocycles. The number of aromatic hydroxyl groups is 1. The number of aliphatic hydroxyl groups excluding tert-OH is 1. The Morgan fingerprint density at radius 2 is 2.14 bits per heavy atom. The van der Waals surface area contributed by atoms with Crippen LogP contribution < -0.4 is 5.32 Å². The van der Waals surface area contributed by atoms with Crippen molar-refractivity contribution in [2.24, 2.45) is 0 Å². The number of aryl methyl sites for hydroxylation is 1. The monoisotopic (exact) mass is 292 g/mol. The average molecular weight is 292 g/mol. The van der Waals surface area contributed by atoms with E-state index in [1.165, 1.54) is 0 Å². The van der Waals surface area contributed by atoms with Crippen LogP contribution in [0.4, 0.5) is 4.79 Å². The van der Waals surface area contributed by atoms with Crippen LogP contribution in [0, 0.1) is 0 Å². The second-order valence-corrected chi connectivity index (χ2v) is 5.80. The number of nitrogens with zero attached hydrogens (tertiary/aromatic N) is 1. The van der Waals surface area contributed by atoms with Gasteiger partial charge < -0.3 is 20.4 Å². The molecule has 2 atom stereocenters. The summed E-state index contributed by atoms with van der Waals surface area (Å²) in [5, 5.41) is 21.8. The maximum absolute atomic E-state index is 12.1. The molecule has 0 spiro atoms. The maximum atomic E-state index is 12.1. The first kappa shape index (κ1) is 15.6. The van der Waals surface area contributed by atoms with Crippen LogP contribution in [0.1, 0.15) is 31.7 Å². The molecule has 5 heteroatoms. The molecular weight excluding hydrogens is 268 g/mol. The molecule has 2 unspecified atom stereocenters. The second-order valence-electron chi connectivity index (χ2n) is 5.80. The molecule has 5 nitrogen and oxygen atoms in total. The van der Waals surface area contributed by atoms with Gasteiger partial charge in [-0.3, -0.25) is 0 Å². The Balaban J connectivity index is 1.74. The van der Waals surface area contributed by atoms with E-state index in [2.05, 4.69) is 5.32 Å². The van der Waals surface area contributed by atoms with E-state index in [0.29, 0.717) is 13.1 Å². The van der Waals surface area contributed by atoms with Crippen LogP contribution in [0.2, 0.25) is 0 Å². The number of carbonyl (C=O) groups excluding carboxylic acids is 1. The Bertz CT molecular complexity index is 461. The van der Waals surface area contributed by atoms with Gasteiger partial charge in [-0.05, 0) is 50.3 Å². The number of phenolic OH excluding ortho intramolecular Hbond substituents is 1. The molecule has 1 aliphatic heterocycles. The van der Waals surface area contributed by atoms with Gasteiger partial charge in [-0.2, -0.15) is 0 Å². The predicted molar refractivity (Wildman–Crippen MR) is 81.2 cm³/mol. The minimum atomic E-state index is -0.392. The fourth-order valence-corrected chi connectivity index (χ4v) is 2.56. The number of hydrogen-bond acceptors (Lipinski definition) is 3. The Morgan fingerprint density at radius 1 is 1.43 bits per heavy atom. The molecule has 0 aromatic heterocycles. The van der Waals surface area contributed by atoms with Gasteiger partial charge in [0.1, 0.15) is 5.75 Å². The highest BCUT2D eigenvalue weighted by Gasteiger charge is 2.22. The molecule has 0 saturated carbocycles. The molecule has 1 aromatic rings. The topological polar surface area (TPSA) is 72.8 Å². The number of piperidine rings is 1. The smallest absolute Gasteiger partial charge is 0.317 e.